The van der Waals surface area contributed by atoms with Gasteiger partial charge in [0.05, 0.1) is 17.1 Å². The van der Waals surface area contributed by atoms with E-state index in [1.807, 2.05) is 30.3 Å². The fourth-order valence-electron chi connectivity index (χ4n) is 7.08. The largest absolute Gasteiger partial charge is 0.324 e. The highest BCUT2D eigenvalue weighted by Crippen LogP contribution is 2.65. The lowest BCUT2D eigenvalue weighted by atomic mass is 9.64. The number of aromatic nitrogens is 1. The van der Waals surface area contributed by atoms with Gasteiger partial charge in [0.15, 0.2) is 0 Å². The molecule has 3 nitrogen and oxygen atoms in total. The molecule has 4 aromatic rings. The number of carbonyl (C=O) groups excluding carboxylic acids is 1. The van der Waals surface area contributed by atoms with Crippen LogP contribution < -0.4 is 5.32 Å². The van der Waals surface area contributed by atoms with Gasteiger partial charge in [-0.3, -0.25) is 9.78 Å². The quantitative estimate of drug-likeness (QED) is 0.332. The topological polar surface area (TPSA) is 42.0 Å². The van der Waals surface area contributed by atoms with Crippen molar-refractivity contribution < 1.29 is 4.79 Å². The fraction of sp³-hybridized carbons (Fsp3) is 0.333. The van der Waals surface area contributed by atoms with Crippen LogP contribution in [0.25, 0.3) is 10.9 Å². The molecule has 2 aliphatic rings. The second-order valence-electron chi connectivity index (χ2n) is 11.2. The van der Waals surface area contributed by atoms with Crippen molar-refractivity contribution in [1.82, 2.24) is 4.98 Å². The molecule has 0 spiro atoms. The number of para-hydroxylation sites is 1. The highest BCUT2D eigenvalue weighted by molar-refractivity contribution is 6.02. The summed E-state index contributed by atoms with van der Waals surface area (Å²) in [4.78, 5) is 19.0. The summed E-state index contributed by atoms with van der Waals surface area (Å²) < 4.78 is 0. The Kier molecular flexibility index (Phi) is 5.48. The Morgan fingerprint density at radius 3 is 2.42 bits per heavy atom. The Balaban J connectivity index is 1.47. The molecule has 2 saturated carbocycles. The molecule has 2 bridgehead atoms. The van der Waals surface area contributed by atoms with E-state index >= 15 is 0 Å². The molecule has 4 atom stereocenters. The predicted octanol–water partition coefficient (Wildman–Crippen LogP) is 7.56. The van der Waals surface area contributed by atoms with Gasteiger partial charge in [0.1, 0.15) is 0 Å². The number of rotatable bonds is 4. The van der Waals surface area contributed by atoms with E-state index in [2.05, 4.69) is 74.4 Å². The van der Waals surface area contributed by atoms with Gasteiger partial charge in [-0.2, -0.15) is 0 Å². The Bertz CT molecular complexity index is 1480. The first kappa shape index (κ1) is 23.0. The van der Waals surface area contributed by atoms with Gasteiger partial charge in [-0.1, -0.05) is 54.6 Å². The molecule has 2 fully saturated rings. The van der Waals surface area contributed by atoms with Crippen molar-refractivity contribution in [2.75, 3.05) is 5.32 Å². The first-order valence-corrected chi connectivity index (χ1v) is 13.2. The average Bonchev–Trinajstić information content (AvgIpc) is 3.46. The van der Waals surface area contributed by atoms with Crippen molar-refractivity contribution in [2.24, 2.45) is 11.8 Å². The lowest BCUT2D eigenvalue weighted by molar-refractivity contribution is -0.122. The summed E-state index contributed by atoms with van der Waals surface area (Å²) in [7, 11) is 0. The maximum absolute atomic E-state index is 14.4. The molecule has 1 amide bonds. The van der Waals surface area contributed by atoms with Crippen molar-refractivity contribution in [3.8, 4) is 0 Å². The second-order valence-corrected chi connectivity index (χ2v) is 11.2. The minimum absolute atomic E-state index is 0.122. The van der Waals surface area contributed by atoms with Gasteiger partial charge in [-0.05, 0) is 104 Å². The van der Waals surface area contributed by atoms with E-state index < -0.39 is 0 Å². The molecule has 6 rings (SSSR count). The zero-order valence-electron chi connectivity index (χ0n) is 21.6. The number of nitrogens with zero attached hydrogens (tertiary/aromatic N) is 1. The number of fused-ring (bicyclic) bond motifs is 3. The van der Waals surface area contributed by atoms with Crippen LogP contribution in [0.15, 0.2) is 72.9 Å². The molecule has 1 aromatic heterocycles. The Labute approximate surface area is 214 Å². The summed E-state index contributed by atoms with van der Waals surface area (Å²) in [6.07, 6.45) is 5.10. The number of carbonyl (C=O) groups is 1. The normalized spacial score (nSPS) is 24.8. The van der Waals surface area contributed by atoms with Gasteiger partial charge < -0.3 is 5.32 Å². The van der Waals surface area contributed by atoms with E-state index in [-0.39, 0.29) is 23.2 Å². The molecule has 0 saturated heterocycles. The van der Waals surface area contributed by atoms with Crippen molar-refractivity contribution in [3.63, 3.8) is 0 Å². The summed E-state index contributed by atoms with van der Waals surface area (Å²) in [5.41, 5.74) is 9.35. The smallest absolute Gasteiger partial charge is 0.229 e. The number of aryl methyl sites for hydroxylation is 4. The van der Waals surface area contributed by atoms with Gasteiger partial charge in [-0.25, -0.2) is 0 Å². The molecule has 3 heteroatoms. The molecule has 4 unspecified atom stereocenters. The fourth-order valence-corrected chi connectivity index (χ4v) is 7.08. The van der Waals surface area contributed by atoms with Crippen LogP contribution in [0, 0.1) is 39.5 Å². The second kappa shape index (κ2) is 8.58. The number of hydrogen-bond acceptors (Lipinski definition) is 2. The van der Waals surface area contributed by atoms with E-state index in [0.717, 1.165) is 29.4 Å². The summed E-state index contributed by atoms with van der Waals surface area (Å²) in [6, 6.07) is 23.7. The molecule has 36 heavy (non-hydrogen) atoms. The summed E-state index contributed by atoms with van der Waals surface area (Å²) >= 11 is 0. The van der Waals surface area contributed by atoms with Crippen LogP contribution in [-0.4, -0.2) is 10.9 Å². The lowest BCUT2D eigenvalue weighted by Crippen LogP contribution is -2.42. The highest BCUT2D eigenvalue weighted by atomic mass is 16.2. The van der Waals surface area contributed by atoms with Crippen LogP contribution in [0.5, 0.6) is 0 Å². The Morgan fingerprint density at radius 1 is 0.889 bits per heavy atom. The maximum atomic E-state index is 14.4. The minimum Gasteiger partial charge on any atom is -0.324 e. The van der Waals surface area contributed by atoms with Crippen molar-refractivity contribution in [2.45, 2.75) is 58.3 Å². The van der Waals surface area contributed by atoms with Crippen LogP contribution in [-0.2, 0) is 10.2 Å². The molecule has 0 radical (unpaired) electrons. The number of benzene rings is 3. The Hall–Kier alpha value is -3.46. The third-order valence-electron chi connectivity index (χ3n) is 9.22. The van der Waals surface area contributed by atoms with Crippen LogP contribution in [0.1, 0.15) is 58.6 Å². The lowest BCUT2D eigenvalue weighted by Gasteiger charge is -2.39. The highest BCUT2D eigenvalue weighted by Gasteiger charge is 2.61. The van der Waals surface area contributed by atoms with Crippen molar-refractivity contribution in [1.29, 1.82) is 0 Å². The van der Waals surface area contributed by atoms with Gasteiger partial charge in [-0.15, -0.1) is 0 Å². The summed E-state index contributed by atoms with van der Waals surface area (Å²) in [5, 5.41) is 4.40. The van der Waals surface area contributed by atoms with Crippen LogP contribution in [0.3, 0.4) is 0 Å². The first-order chi connectivity index (χ1) is 17.4. The third kappa shape index (κ3) is 3.56. The summed E-state index contributed by atoms with van der Waals surface area (Å²) in [5.74, 6) is 0.717. The average molecular weight is 475 g/mol. The monoisotopic (exact) mass is 474 g/mol. The number of pyridine rings is 1. The van der Waals surface area contributed by atoms with Gasteiger partial charge in [0.25, 0.3) is 0 Å². The zero-order chi connectivity index (χ0) is 25.0. The first-order valence-electron chi connectivity index (χ1n) is 13.2. The van der Waals surface area contributed by atoms with Gasteiger partial charge in [0.2, 0.25) is 5.91 Å². The van der Waals surface area contributed by atoms with Crippen LogP contribution >= 0.6 is 0 Å². The van der Waals surface area contributed by atoms with Gasteiger partial charge in [0, 0.05) is 17.0 Å². The number of nitrogens with one attached hydrogen (secondary N) is 1. The zero-order valence-corrected chi connectivity index (χ0v) is 21.6. The molecule has 1 heterocycles. The molecule has 2 aliphatic carbocycles. The molecule has 182 valence electrons. The predicted molar refractivity (Wildman–Crippen MR) is 147 cm³/mol. The SMILES string of the molecule is Cc1ccc(C2C3CCC(c4ccc(C)c(C)c4)(C3)C2C(=O)Nc2cccc3cccnc23)cc1C. The Morgan fingerprint density at radius 2 is 1.64 bits per heavy atom. The number of hydrogen-bond donors (Lipinski definition) is 1. The summed E-state index contributed by atoms with van der Waals surface area (Å²) in [6.45, 7) is 8.70. The van der Waals surface area contributed by atoms with E-state index in [0.29, 0.717) is 5.92 Å². The van der Waals surface area contributed by atoms with Crippen molar-refractivity contribution in [3.05, 3.63) is 106 Å². The van der Waals surface area contributed by atoms with E-state index in [1.54, 1.807) is 6.20 Å². The minimum atomic E-state index is -0.144. The number of anilines is 1. The van der Waals surface area contributed by atoms with Gasteiger partial charge >= 0.3 is 0 Å². The standard InChI is InChI=1S/C33H34N2O/c1-20-10-12-25(17-22(20)3)29-26-14-15-33(19-26,27-13-11-21(2)23(4)18-27)30(29)32(36)35-28-9-5-7-24-8-6-16-34-31(24)28/h5-13,16-18,26,29-30H,14-15,19H2,1-4H3,(H,35,36). The van der Waals surface area contributed by atoms with Crippen molar-refractivity contribution >= 4 is 22.5 Å². The van der Waals surface area contributed by atoms with E-state index in [9.17, 15) is 4.79 Å². The number of amides is 1. The molecule has 3 aromatic carbocycles. The molecular weight excluding hydrogens is 440 g/mol. The molecule has 0 aliphatic heterocycles. The van der Waals surface area contributed by atoms with Crippen LogP contribution in [0.2, 0.25) is 0 Å². The molecular formula is C33H34N2O. The van der Waals surface area contributed by atoms with Crippen LogP contribution in [0.4, 0.5) is 5.69 Å². The maximum Gasteiger partial charge on any atom is 0.229 e. The van der Waals surface area contributed by atoms with E-state index in [1.165, 1.54) is 39.8 Å². The molecule has 1 N–H and O–H groups in total. The third-order valence-corrected chi connectivity index (χ3v) is 9.22. The van der Waals surface area contributed by atoms with E-state index in [4.69, 9.17) is 0 Å².